The highest BCUT2D eigenvalue weighted by Gasteiger charge is 2.34. The van der Waals surface area contributed by atoms with Crippen LogP contribution in [0, 0.1) is 0 Å². The standard InChI is InChI=1S/C18H21Cl2N3O/c1-18(2,3)21-17(24)23-10-9-22-8-4-5-15(22)16(23)13-7-6-12(19)11-14(13)20/h4-8,11,16H,9-10H2,1-3H3,(H,21,24). The third kappa shape index (κ3) is 3.40. The van der Waals surface area contributed by atoms with E-state index in [9.17, 15) is 4.79 Å². The second kappa shape index (κ2) is 6.34. The lowest BCUT2D eigenvalue weighted by Gasteiger charge is -2.39. The Balaban J connectivity index is 2.04. The van der Waals surface area contributed by atoms with Gasteiger partial charge in [0.15, 0.2) is 0 Å². The van der Waals surface area contributed by atoms with Crippen LogP contribution in [0.2, 0.25) is 10.0 Å². The molecule has 3 rings (SSSR count). The Morgan fingerprint density at radius 1 is 1.21 bits per heavy atom. The van der Waals surface area contributed by atoms with Crippen LogP contribution in [0.1, 0.15) is 38.1 Å². The molecule has 1 aliphatic heterocycles. The molecule has 0 saturated heterocycles. The SMILES string of the molecule is CC(C)(C)NC(=O)N1CCn2cccc2C1c1ccc(Cl)cc1Cl. The van der Waals surface area contributed by atoms with Gasteiger partial charge in [0.1, 0.15) is 6.04 Å². The van der Waals surface area contributed by atoms with E-state index in [1.807, 2.05) is 56.1 Å². The number of nitrogens with one attached hydrogen (secondary N) is 1. The summed E-state index contributed by atoms with van der Waals surface area (Å²) in [6.45, 7) is 7.31. The number of benzene rings is 1. The molecule has 2 heterocycles. The third-order valence-corrected chi connectivity index (χ3v) is 4.60. The summed E-state index contributed by atoms with van der Waals surface area (Å²) in [5, 5.41) is 4.20. The molecule has 0 aliphatic carbocycles. The number of aromatic nitrogens is 1. The van der Waals surface area contributed by atoms with Crippen molar-refractivity contribution in [1.82, 2.24) is 14.8 Å². The Kier molecular flexibility index (Phi) is 4.54. The van der Waals surface area contributed by atoms with Gasteiger partial charge in [-0.15, -0.1) is 0 Å². The summed E-state index contributed by atoms with van der Waals surface area (Å²) in [6, 6.07) is 9.13. The maximum absolute atomic E-state index is 12.8. The maximum atomic E-state index is 12.8. The molecule has 0 spiro atoms. The molecule has 1 aliphatic rings. The molecule has 1 atom stereocenters. The van der Waals surface area contributed by atoms with Crippen molar-refractivity contribution in [3.05, 3.63) is 57.8 Å². The summed E-state index contributed by atoms with van der Waals surface area (Å²) in [5.74, 6) is 0. The Bertz CT molecular complexity index is 764. The molecule has 6 heteroatoms. The van der Waals surface area contributed by atoms with Gasteiger partial charge in [-0.1, -0.05) is 29.3 Å². The molecule has 1 aromatic carbocycles. The van der Waals surface area contributed by atoms with Gasteiger partial charge in [-0.25, -0.2) is 4.79 Å². The van der Waals surface area contributed by atoms with Crippen molar-refractivity contribution in [3.63, 3.8) is 0 Å². The van der Waals surface area contributed by atoms with E-state index in [1.54, 1.807) is 6.07 Å². The van der Waals surface area contributed by atoms with Crippen LogP contribution >= 0.6 is 23.2 Å². The fraction of sp³-hybridized carbons (Fsp3) is 0.389. The van der Waals surface area contributed by atoms with Gasteiger partial charge in [0.2, 0.25) is 0 Å². The highest BCUT2D eigenvalue weighted by atomic mass is 35.5. The average Bonchev–Trinajstić information content (AvgIpc) is 2.93. The molecule has 2 amide bonds. The predicted molar refractivity (Wildman–Crippen MR) is 97.7 cm³/mol. The van der Waals surface area contributed by atoms with E-state index in [2.05, 4.69) is 9.88 Å². The fourth-order valence-corrected chi connectivity index (χ4v) is 3.56. The van der Waals surface area contributed by atoms with Crippen molar-refractivity contribution < 1.29 is 4.79 Å². The zero-order valence-corrected chi connectivity index (χ0v) is 15.5. The first-order valence-electron chi connectivity index (χ1n) is 7.95. The highest BCUT2D eigenvalue weighted by molar-refractivity contribution is 6.35. The Morgan fingerprint density at radius 2 is 1.96 bits per heavy atom. The van der Waals surface area contributed by atoms with E-state index < -0.39 is 0 Å². The van der Waals surface area contributed by atoms with Crippen LogP contribution in [0.25, 0.3) is 0 Å². The summed E-state index contributed by atoms with van der Waals surface area (Å²) >= 11 is 12.5. The number of carbonyl (C=O) groups is 1. The van der Waals surface area contributed by atoms with E-state index in [0.29, 0.717) is 16.6 Å². The number of hydrogen-bond donors (Lipinski definition) is 1. The number of carbonyl (C=O) groups excluding carboxylic acids is 1. The molecule has 2 aromatic rings. The van der Waals surface area contributed by atoms with Crippen molar-refractivity contribution in [2.75, 3.05) is 6.54 Å². The molecule has 1 aromatic heterocycles. The summed E-state index contributed by atoms with van der Waals surface area (Å²) < 4.78 is 2.16. The van der Waals surface area contributed by atoms with Crippen LogP contribution in [0.4, 0.5) is 4.79 Å². The third-order valence-electron chi connectivity index (χ3n) is 4.04. The lowest BCUT2D eigenvalue weighted by atomic mass is 10.00. The number of halogens is 2. The van der Waals surface area contributed by atoms with Crippen molar-refractivity contribution in [2.24, 2.45) is 0 Å². The summed E-state index contributed by atoms with van der Waals surface area (Å²) in [4.78, 5) is 14.7. The Labute approximate surface area is 152 Å². The first-order chi connectivity index (χ1) is 11.3. The molecule has 0 fully saturated rings. The molecular formula is C18H21Cl2N3O. The summed E-state index contributed by atoms with van der Waals surface area (Å²) in [6.07, 6.45) is 2.03. The highest BCUT2D eigenvalue weighted by Crippen LogP contribution is 2.37. The molecule has 1 unspecified atom stereocenters. The molecule has 0 saturated carbocycles. The van der Waals surface area contributed by atoms with E-state index in [0.717, 1.165) is 17.8 Å². The van der Waals surface area contributed by atoms with Gasteiger partial charge in [-0.3, -0.25) is 0 Å². The van der Waals surface area contributed by atoms with E-state index in [-0.39, 0.29) is 17.6 Å². The minimum Gasteiger partial charge on any atom is -0.348 e. The van der Waals surface area contributed by atoms with Gasteiger partial charge in [0, 0.05) is 40.6 Å². The first kappa shape index (κ1) is 17.2. The molecule has 24 heavy (non-hydrogen) atoms. The maximum Gasteiger partial charge on any atom is 0.318 e. The van der Waals surface area contributed by atoms with Crippen LogP contribution in [0.3, 0.4) is 0 Å². The van der Waals surface area contributed by atoms with Gasteiger partial charge >= 0.3 is 6.03 Å². The molecule has 1 N–H and O–H groups in total. The monoisotopic (exact) mass is 365 g/mol. The van der Waals surface area contributed by atoms with Crippen molar-refractivity contribution in [3.8, 4) is 0 Å². The second-order valence-electron chi connectivity index (χ2n) is 7.07. The Morgan fingerprint density at radius 3 is 2.62 bits per heavy atom. The van der Waals surface area contributed by atoms with Crippen LogP contribution < -0.4 is 5.32 Å². The quantitative estimate of drug-likeness (QED) is 0.780. The number of fused-ring (bicyclic) bond motifs is 1. The molecular weight excluding hydrogens is 345 g/mol. The van der Waals surface area contributed by atoms with Gasteiger partial charge in [0.05, 0.1) is 0 Å². The van der Waals surface area contributed by atoms with Crippen LogP contribution in [0.5, 0.6) is 0 Å². The van der Waals surface area contributed by atoms with Crippen LogP contribution in [-0.2, 0) is 6.54 Å². The minimum atomic E-state index is -0.301. The largest absolute Gasteiger partial charge is 0.348 e. The summed E-state index contributed by atoms with van der Waals surface area (Å²) in [5.41, 5.74) is 1.63. The van der Waals surface area contributed by atoms with Crippen LogP contribution in [0.15, 0.2) is 36.5 Å². The lowest BCUT2D eigenvalue weighted by molar-refractivity contribution is 0.161. The van der Waals surface area contributed by atoms with Crippen molar-refractivity contribution in [2.45, 2.75) is 38.9 Å². The van der Waals surface area contributed by atoms with Crippen LogP contribution in [-0.4, -0.2) is 27.6 Å². The van der Waals surface area contributed by atoms with Gasteiger partial charge in [0.25, 0.3) is 0 Å². The van der Waals surface area contributed by atoms with E-state index >= 15 is 0 Å². The molecule has 128 valence electrons. The van der Waals surface area contributed by atoms with Gasteiger partial charge in [-0.2, -0.15) is 0 Å². The van der Waals surface area contributed by atoms with Crippen molar-refractivity contribution >= 4 is 29.2 Å². The zero-order valence-electron chi connectivity index (χ0n) is 14.0. The fourth-order valence-electron chi connectivity index (χ4n) is 3.05. The van der Waals surface area contributed by atoms with Gasteiger partial charge < -0.3 is 14.8 Å². The lowest BCUT2D eigenvalue weighted by Crippen LogP contribution is -2.52. The molecule has 0 bridgehead atoms. The normalized spacial score (nSPS) is 17.5. The molecule has 0 radical (unpaired) electrons. The number of amides is 2. The number of hydrogen-bond acceptors (Lipinski definition) is 1. The molecule has 4 nitrogen and oxygen atoms in total. The number of urea groups is 1. The average molecular weight is 366 g/mol. The minimum absolute atomic E-state index is 0.0917. The van der Waals surface area contributed by atoms with Gasteiger partial charge in [-0.05, 0) is 50.6 Å². The topological polar surface area (TPSA) is 37.3 Å². The number of nitrogens with zero attached hydrogens (tertiary/aromatic N) is 2. The summed E-state index contributed by atoms with van der Waals surface area (Å²) in [7, 11) is 0. The van der Waals surface area contributed by atoms with E-state index in [1.165, 1.54) is 0 Å². The Hall–Kier alpha value is -1.65. The first-order valence-corrected chi connectivity index (χ1v) is 8.70. The second-order valence-corrected chi connectivity index (χ2v) is 7.91. The van der Waals surface area contributed by atoms with E-state index in [4.69, 9.17) is 23.2 Å². The zero-order chi connectivity index (χ0) is 17.5. The predicted octanol–water partition coefficient (Wildman–Crippen LogP) is 4.71. The number of rotatable bonds is 1. The van der Waals surface area contributed by atoms with Crippen molar-refractivity contribution in [1.29, 1.82) is 0 Å². The smallest absolute Gasteiger partial charge is 0.318 e.